The van der Waals surface area contributed by atoms with Gasteiger partial charge in [0.15, 0.2) is 0 Å². The molecule has 1 fully saturated rings. The number of nitrogens with zero attached hydrogens (tertiary/aromatic N) is 1. The first-order chi connectivity index (χ1) is 6.96. The summed E-state index contributed by atoms with van der Waals surface area (Å²) in [5, 5.41) is 0. The average Bonchev–Trinajstić information content (AvgIpc) is 2.17. The Hall–Kier alpha value is -0.610. The molecule has 0 aromatic carbocycles. The number of hydrogen-bond acceptors (Lipinski definition) is 4. The summed E-state index contributed by atoms with van der Waals surface area (Å²) in [5.41, 5.74) is -0.107. The number of hydrogen-bond donors (Lipinski definition) is 0. The van der Waals surface area contributed by atoms with Crippen molar-refractivity contribution in [1.29, 1.82) is 0 Å². The van der Waals surface area contributed by atoms with E-state index in [-0.39, 0.29) is 17.4 Å². The fourth-order valence-electron chi connectivity index (χ4n) is 2.00. The van der Waals surface area contributed by atoms with Crippen LogP contribution in [-0.4, -0.2) is 50.3 Å². The minimum Gasteiger partial charge on any atom is -0.468 e. The summed E-state index contributed by atoms with van der Waals surface area (Å²) in [5.74, 6) is -0.149. The summed E-state index contributed by atoms with van der Waals surface area (Å²) in [4.78, 5) is 13.9. The first kappa shape index (κ1) is 12.5. The van der Waals surface area contributed by atoms with Crippen molar-refractivity contribution < 1.29 is 14.3 Å². The van der Waals surface area contributed by atoms with E-state index >= 15 is 0 Å². The van der Waals surface area contributed by atoms with Gasteiger partial charge in [-0.25, -0.2) is 0 Å². The van der Waals surface area contributed by atoms with E-state index in [1.165, 1.54) is 7.11 Å². The maximum atomic E-state index is 11.8. The molecule has 1 atom stereocenters. The molecule has 1 heterocycles. The van der Waals surface area contributed by atoms with Crippen molar-refractivity contribution >= 4 is 5.97 Å². The smallest absolute Gasteiger partial charge is 0.323 e. The fraction of sp³-hybridized carbons (Fsp3) is 0.909. The molecule has 15 heavy (non-hydrogen) atoms. The zero-order chi connectivity index (χ0) is 11.5. The van der Waals surface area contributed by atoms with E-state index < -0.39 is 0 Å². The predicted octanol–water partition coefficient (Wildman–Crippen LogP) is 0.906. The van der Waals surface area contributed by atoms with Gasteiger partial charge in [0.05, 0.1) is 20.3 Å². The number of rotatable bonds is 2. The van der Waals surface area contributed by atoms with Gasteiger partial charge in [0.2, 0.25) is 0 Å². The van der Waals surface area contributed by atoms with Crippen molar-refractivity contribution in [1.82, 2.24) is 4.90 Å². The molecule has 1 rings (SSSR count). The van der Waals surface area contributed by atoms with E-state index in [0.717, 1.165) is 13.1 Å². The van der Waals surface area contributed by atoms with Crippen LogP contribution in [-0.2, 0) is 14.3 Å². The van der Waals surface area contributed by atoms with Crippen molar-refractivity contribution in [2.24, 2.45) is 5.41 Å². The van der Waals surface area contributed by atoms with Crippen LogP contribution in [0.5, 0.6) is 0 Å². The lowest BCUT2D eigenvalue weighted by molar-refractivity contribution is -0.153. The van der Waals surface area contributed by atoms with Crippen molar-refractivity contribution in [2.45, 2.75) is 26.8 Å². The van der Waals surface area contributed by atoms with E-state index in [2.05, 4.69) is 25.7 Å². The maximum Gasteiger partial charge on any atom is 0.323 e. The molecule has 4 nitrogen and oxygen atoms in total. The minimum absolute atomic E-state index is 0.107. The number of esters is 1. The van der Waals surface area contributed by atoms with Gasteiger partial charge in [-0.1, -0.05) is 20.8 Å². The van der Waals surface area contributed by atoms with Crippen LogP contribution in [0.2, 0.25) is 0 Å². The van der Waals surface area contributed by atoms with E-state index in [1.807, 2.05) is 0 Å². The van der Waals surface area contributed by atoms with Crippen LogP contribution in [0.4, 0.5) is 0 Å². The zero-order valence-electron chi connectivity index (χ0n) is 10.1. The molecular formula is C11H21NO3. The second-order valence-electron chi connectivity index (χ2n) is 4.94. The predicted molar refractivity (Wildman–Crippen MR) is 57.7 cm³/mol. The van der Waals surface area contributed by atoms with Gasteiger partial charge in [-0.05, 0) is 5.41 Å². The van der Waals surface area contributed by atoms with Crippen molar-refractivity contribution in [3.63, 3.8) is 0 Å². The van der Waals surface area contributed by atoms with Crippen LogP contribution in [0.15, 0.2) is 0 Å². The quantitative estimate of drug-likeness (QED) is 0.642. The third kappa shape index (κ3) is 3.18. The third-order valence-electron chi connectivity index (χ3n) is 2.66. The lowest BCUT2D eigenvalue weighted by atomic mass is 9.85. The standard InChI is InChI=1S/C11H21NO3/c1-11(2,3)9(10(13)14-4)12-5-7-15-8-6-12/h9H,5-8H2,1-4H3. The molecule has 0 aromatic rings. The Morgan fingerprint density at radius 2 is 1.87 bits per heavy atom. The minimum atomic E-state index is -0.175. The SMILES string of the molecule is COC(=O)C(N1CCOCC1)C(C)(C)C. The number of morpholine rings is 1. The molecule has 88 valence electrons. The van der Waals surface area contributed by atoms with Gasteiger partial charge >= 0.3 is 5.97 Å². The van der Waals surface area contributed by atoms with Crippen LogP contribution >= 0.6 is 0 Å². The molecule has 1 aliphatic rings. The summed E-state index contributed by atoms with van der Waals surface area (Å²) in [7, 11) is 1.45. The Labute approximate surface area is 91.5 Å². The summed E-state index contributed by atoms with van der Waals surface area (Å²) in [6, 6.07) is -0.175. The molecule has 0 saturated carbocycles. The molecule has 1 aliphatic heterocycles. The number of carbonyl (C=O) groups excluding carboxylic acids is 1. The molecule has 4 heteroatoms. The lowest BCUT2D eigenvalue weighted by Gasteiger charge is -2.39. The molecule has 0 radical (unpaired) electrons. The average molecular weight is 215 g/mol. The highest BCUT2D eigenvalue weighted by atomic mass is 16.5. The van der Waals surface area contributed by atoms with Gasteiger partial charge in [0.1, 0.15) is 6.04 Å². The first-order valence-corrected chi connectivity index (χ1v) is 5.36. The van der Waals surface area contributed by atoms with E-state index in [9.17, 15) is 4.79 Å². The second kappa shape index (κ2) is 4.94. The van der Waals surface area contributed by atoms with E-state index in [4.69, 9.17) is 9.47 Å². The maximum absolute atomic E-state index is 11.8. The first-order valence-electron chi connectivity index (χ1n) is 5.36. The zero-order valence-corrected chi connectivity index (χ0v) is 10.1. The van der Waals surface area contributed by atoms with E-state index in [1.54, 1.807) is 0 Å². The lowest BCUT2D eigenvalue weighted by Crippen LogP contribution is -2.53. The van der Waals surface area contributed by atoms with Crippen LogP contribution in [0.25, 0.3) is 0 Å². The molecular weight excluding hydrogens is 194 g/mol. The summed E-state index contributed by atoms with van der Waals surface area (Å²) < 4.78 is 10.2. The Balaban J connectivity index is 2.75. The van der Waals surface area contributed by atoms with Crippen LogP contribution < -0.4 is 0 Å². The highest BCUT2D eigenvalue weighted by Crippen LogP contribution is 2.26. The highest BCUT2D eigenvalue weighted by molar-refractivity contribution is 5.76. The van der Waals surface area contributed by atoms with Crippen molar-refractivity contribution in [3.8, 4) is 0 Å². The van der Waals surface area contributed by atoms with Crippen LogP contribution in [0.3, 0.4) is 0 Å². The second-order valence-corrected chi connectivity index (χ2v) is 4.94. The molecule has 1 unspecified atom stereocenters. The number of ether oxygens (including phenoxy) is 2. The largest absolute Gasteiger partial charge is 0.468 e. The molecule has 1 saturated heterocycles. The van der Waals surface area contributed by atoms with Gasteiger partial charge in [0.25, 0.3) is 0 Å². The van der Waals surface area contributed by atoms with E-state index in [0.29, 0.717) is 13.2 Å². The normalized spacial score (nSPS) is 21.1. The van der Waals surface area contributed by atoms with Crippen LogP contribution in [0, 0.1) is 5.41 Å². The fourth-order valence-corrected chi connectivity index (χ4v) is 2.00. The molecule has 0 spiro atoms. The third-order valence-corrected chi connectivity index (χ3v) is 2.66. The van der Waals surface area contributed by atoms with Crippen molar-refractivity contribution in [3.05, 3.63) is 0 Å². The van der Waals surface area contributed by atoms with Gasteiger partial charge in [-0.15, -0.1) is 0 Å². The number of methoxy groups -OCH3 is 1. The Morgan fingerprint density at radius 3 is 2.27 bits per heavy atom. The Morgan fingerprint density at radius 1 is 1.33 bits per heavy atom. The number of carbonyl (C=O) groups is 1. The summed E-state index contributed by atoms with van der Waals surface area (Å²) in [6.45, 7) is 9.18. The van der Waals surface area contributed by atoms with Gasteiger partial charge in [0, 0.05) is 13.1 Å². The topological polar surface area (TPSA) is 38.8 Å². The molecule has 0 aliphatic carbocycles. The monoisotopic (exact) mass is 215 g/mol. The van der Waals surface area contributed by atoms with Crippen LogP contribution in [0.1, 0.15) is 20.8 Å². The highest BCUT2D eigenvalue weighted by Gasteiger charge is 2.37. The van der Waals surface area contributed by atoms with Gasteiger partial charge in [-0.3, -0.25) is 9.69 Å². The molecule has 0 aromatic heterocycles. The molecule has 0 amide bonds. The Kier molecular flexibility index (Phi) is 4.11. The summed E-state index contributed by atoms with van der Waals surface area (Å²) >= 11 is 0. The van der Waals surface area contributed by atoms with Crippen molar-refractivity contribution in [2.75, 3.05) is 33.4 Å². The molecule has 0 N–H and O–H groups in total. The molecule has 0 bridgehead atoms. The van der Waals surface area contributed by atoms with Gasteiger partial charge in [-0.2, -0.15) is 0 Å². The Bertz CT molecular complexity index is 216. The summed E-state index contributed by atoms with van der Waals surface area (Å²) in [6.07, 6.45) is 0. The van der Waals surface area contributed by atoms with Gasteiger partial charge < -0.3 is 9.47 Å².